The highest BCUT2D eigenvalue weighted by atomic mass is 16.5. The molecule has 4 heteroatoms. The van der Waals surface area contributed by atoms with Crippen LogP contribution < -0.4 is 15.4 Å². The molecule has 3 atom stereocenters. The number of hydrogen-bond donors (Lipinski definition) is 2. The fraction of sp³-hybridized carbons (Fsp3) is 0.632. The van der Waals surface area contributed by atoms with Crippen molar-refractivity contribution in [1.29, 1.82) is 0 Å². The number of amides is 2. The Hall–Kier alpha value is -1.71. The van der Waals surface area contributed by atoms with Gasteiger partial charge in [-0.15, -0.1) is 0 Å². The molecule has 2 fully saturated rings. The van der Waals surface area contributed by atoms with Gasteiger partial charge >= 0.3 is 6.03 Å². The van der Waals surface area contributed by atoms with Gasteiger partial charge in [0.05, 0.1) is 13.2 Å². The van der Waals surface area contributed by atoms with Gasteiger partial charge in [-0.25, -0.2) is 4.79 Å². The summed E-state index contributed by atoms with van der Waals surface area (Å²) < 4.78 is 5.22. The molecule has 0 heterocycles. The number of carbonyl (C=O) groups excluding carboxylic acids is 1. The normalized spacial score (nSPS) is 25.5. The summed E-state index contributed by atoms with van der Waals surface area (Å²) >= 11 is 0. The monoisotopic (exact) mass is 316 g/mol. The van der Waals surface area contributed by atoms with Gasteiger partial charge in [0, 0.05) is 6.04 Å². The Morgan fingerprint density at radius 2 is 1.83 bits per heavy atom. The second-order valence-corrected chi connectivity index (χ2v) is 7.07. The van der Waals surface area contributed by atoms with Crippen LogP contribution in [0.4, 0.5) is 4.79 Å². The van der Waals surface area contributed by atoms with Crippen molar-refractivity contribution in [3.05, 3.63) is 29.8 Å². The standard InChI is InChI=1S/C19H28N2O2/c1-13-5-3-4-6-17(13)20-19(22)21-18(14-7-8-14)15-9-11-16(23-2)12-10-15/h9-14,17-18H,3-8H2,1-2H3,(H2,20,21,22). The number of hydrogen-bond acceptors (Lipinski definition) is 2. The van der Waals surface area contributed by atoms with Crippen molar-refractivity contribution in [2.45, 2.75) is 57.5 Å². The molecule has 0 aliphatic heterocycles. The second-order valence-electron chi connectivity index (χ2n) is 7.07. The fourth-order valence-electron chi connectivity index (χ4n) is 3.60. The molecule has 2 amide bonds. The van der Waals surface area contributed by atoms with E-state index in [0.29, 0.717) is 17.9 Å². The van der Waals surface area contributed by atoms with Gasteiger partial charge in [-0.3, -0.25) is 0 Å². The summed E-state index contributed by atoms with van der Waals surface area (Å²) in [6.07, 6.45) is 7.21. The molecule has 0 bridgehead atoms. The number of urea groups is 1. The van der Waals surface area contributed by atoms with E-state index in [1.165, 1.54) is 37.7 Å². The maximum absolute atomic E-state index is 12.4. The van der Waals surface area contributed by atoms with Gasteiger partial charge in [-0.2, -0.15) is 0 Å². The number of carbonyl (C=O) groups is 1. The lowest BCUT2D eigenvalue weighted by molar-refractivity contribution is 0.217. The van der Waals surface area contributed by atoms with E-state index < -0.39 is 0 Å². The molecular weight excluding hydrogens is 288 g/mol. The minimum Gasteiger partial charge on any atom is -0.497 e. The van der Waals surface area contributed by atoms with E-state index in [1.54, 1.807) is 7.11 Å². The van der Waals surface area contributed by atoms with Gasteiger partial charge in [0.1, 0.15) is 5.75 Å². The summed E-state index contributed by atoms with van der Waals surface area (Å²) in [7, 11) is 1.67. The summed E-state index contributed by atoms with van der Waals surface area (Å²) in [5.74, 6) is 2.00. The third-order valence-corrected chi connectivity index (χ3v) is 5.28. The highest BCUT2D eigenvalue weighted by molar-refractivity contribution is 5.75. The van der Waals surface area contributed by atoms with Crippen molar-refractivity contribution < 1.29 is 9.53 Å². The van der Waals surface area contributed by atoms with Gasteiger partial charge in [0.2, 0.25) is 0 Å². The summed E-state index contributed by atoms with van der Waals surface area (Å²) in [6.45, 7) is 2.24. The number of rotatable bonds is 5. The maximum atomic E-state index is 12.4. The Labute approximate surface area is 139 Å². The molecule has 3 rings (SSSR count). The lowest BCUT2D eigenvalue weighted by Gasteiger charge is -2.30. The van der Waals surface area contributed by atoms with E-state index in [1.807, 2.05) is 12.1 Å². The molecule has 2 N–H and O–H groups in total. The topological polar surface area (TPSA) is 50.4 Å². The Morgan fingerprint density at radius 3 is 2.43 bits per heavy atom. The average Bonchev–Trinajstić information content (AvgIpc) is 3.40. The van der Waals surface area contributed by atoms with Crippen LogP contribution >= 0.6 is 0 Å². The average molecular weight is 316 g/mol. The number of methoxy groups -OCH3 is 1. The molecule has 0 spiro atoms. The maximum Gasteiger partial charge on any atom is 0.315 e. The van der Waals surface area contributed by atoms with Gasteiger partial charge < -0.3 is 15.4 Å². The van der Waals surface area contributed by atoms with Crippen LogP contribution in [0.25, 0.3) is 0 Å². The quantitative estimate of drug-likeness (QED) is 0.862. The molecule has 0 saturated heterocycles. The number of ether oxygens (including phenoxy) is 1. The minimum atomic E-state index is -0.0172. The van der Waals surface area contributed by atoms with Crippen molar-refractivity contribution in [2.75, 3.05) is 7.11 Å². The molecule has 23 heavy (non-hydrogen) atoms. The predicted octanol–water partition coefficient (Wildman–Crippen LogP) is 4.02. The van der Waals surface area contributed by atoms with Crippen molar-refractivity contribution in [2.24, 2.45) is 11.8 Å². The van der Waals surface area contributed by atoms with Crippen LogP contribution in [0.2, 0.25) is 0 Å². The van der Waals surface area contributed by atoms with E-state index in [9.17, 15) is 4.79 Å². The third kappa shape index (κ3) is 4.18. The van der Waals surface area contributed by atoms with E-state index >= 15 is 0 Å². The molecule has 1 aromatic carbocycles. The van der Waals surface area contributed by atoms with E-state index in [-0.39, 0.29) is 12.1 Å². The lowest BCUT2D eigenvalue weighted by Crippen LogP contribution is -2.47. The van der Waals surface area contributed by atoms with Crippen LogP contribution in [-0.2, 0) is 0 Å². The smallest absolute Gasteiger partial charge is 0.315 e. The first-order valence-electron chi connectivity index (χ1n) is 8.88. The van der Waals surface area contributed by atoms with Gasteiger partial charge in [-0.05, 0) is 55.2 Å². The molecule has 3 unspecified atom stereocenters. The first kappa shape index (κ1) is 16.2. The summed E-state index contributed by atoms with van der Waals surface area (Å²) in [6, 6.07) is 8.47. The molecule has 1 aromatic rings. The zero-order valence-electron chi connectivity index (χ0n) is 14.2. The SMILES string of the molecule is COc1ccc(C(NC(=O)NC2CCCCC2C)C2CC2)cc1. The van der Waals surface area contributed by atoms with Crippen molar-refractivity contribution in [3.63, 3.8) is 0 Å². The van der Waals surface area contributed by atoms with Crippen molar-refractivity contribution in [3.8, 4) is 5.75 Å². The van der Waals surface area contributed by atoms with Crippen LogP contribution in [0.3, 0.4) is 0 Å². The summed E-state index contributed by atoms with van der Waals surface area (Å²) in [5.41, 5.74) is 1.17. The second kappa shape index (κ2) is 7.24. The van der Waals surface area contributed by atoms with Crippen molar-refractivity contribution in [1.82, 2.24) is 10.6 Å². The van der Waals surface area contributed by atoms with Crippen LogP contribution in [0.5, 0.6) is 5.75 Å². The van der Waals surface area contributed by atoms with E-state index in [4.69, 9.17) is 4.74 Å². The van der Waals surface area contributed by atoms with Gasteiger partial charge in [0.25, 0.3) is 0 Å². The van der Waals surface area contributed by atoms with E-state index in [0.717, 1.165) is 12.2 Å². The van der Waals surface area contributed by atoms with Gasteiger partial charge in [-0.1, -0.05) is 31.9 Å². The first-order valence-corrected chi connectivity index (χ1v) is 8.88. The van der Waals surface area contributed by atoms with Crippen LogP contribution in [0.15, 0.2) is 24.3 Å². The Kier molecular flexibility index (Phi) is 5.09. The Morgan fingerprint density at radius 1 is 1.13 bits per heavy atom. The molecular formula is C19H28N2O2. The molecule has 4 nitrogen and oxygen atoms in total. The molecule has 126 valence electrons. The Balaban J connectivity index is 1.61. The highest BCUT2D eigenvalue weighted by Crippen LogP contribution is 2.41. The lowest BCUT2D eigenvalue weighted by atomic mass is 9.86. The minimum absolute atomic E-state index is 0.0172. The van der Waals surface area contributed by atoms with Gasteiger partial charge in [0.15, 0.2) is 0 Å². The van der Waals surface area contributed by atoms with E-state index in [2.05, 4.69) is 29.7 Å². The first-order chi connectivity index (χ1) is 11.2. The van der Waals surface area contributed by atoms with Crippen LogP contribution in [0, 0.1) is 11.8 Å². The third-order valence-electron chi connectivity index (χ3n) is 5.28. The zero-order valence-corrected chi connectivity index (χ0v) is 14.2. The largest absolute Gasteiger partial charge is 0.497 e. The fourth-order valence-corrected chi connectivity index (χ4v) is 3.60. The van der Waals surface area contributed by atoms with Crippen LogP contribution in [0.1, 0.15) is 57.1 Å². The summed E-state index contributed by atoms with van der Waals surface area (Å²) in [5, 5.41) is 6.41. The summed E-state index contributed by atoms with van der Waals surface area (Å²) in [4.78, 5) is 12.4. The number of benzene rings is 1. The molecule has 2 saturated carbocycles. The molecule has 2 aliphatic rings. The molecule has 2 aliphatic carbocycles. The van der Waals surface area contributed by atoms with Crippen LogP contribution in [-0.4, -0.2) is 19.2 Å². The number of nitrogens with one attached hydrogen (secondary N) is 2. The molecule has 0 radical (unpaired) electrons. The molecule has 0 aromatic heterocycles. The van der Waals surface area contributed by atoms with Crippen molar-refractivity contribution >= 4 is 6.03 Å². The Bertz CT molecular complexity index is 525. The predicted molar refractivity (Wildman–Crippen MR) is 91.5 cm³/mol. The zero-order chi connectivity index (χ0) is 16.2. The highest BCUT2D eigenvalue weighted by Gasteiger charge is 2.34.